The van der Waals surface area contributed by atoms with Crippen molar-refractivity contribution >= 4 is 11.9 Å². The molecule has 1 aromatic heterocycles. The average Bonchev–Trinajstić information content (AvgIpc) is 2.78. The standard InChI is InChI=1S/C10H11N3O4/c14-8-4-3-6(11-12-8)9(15)13-5-1-2-7(13)10(16)17/h3-4,7H,1-2,5H2,(H,12,14)(H,16,17)/t7-/m0/s1. The third-order valence-electron chi connectivity index (χ3n) is 2.70. The lowest BCUT2D eigenvalue weighted by Gasteiger charge is -2.20. The molecule has 2 rings (SSSR count). The quantitative estimate of drug-likeness (QED) is 0.718. The first-order valence-electron chi connectivity index (χ1n) is 5.19. The van der Waals surface area contributed by atoms with Crippen molar-refractivity contribution in [1.82, 2.24) is 15.1 Å². The number of carbonyl (C=O) groups excluding carboxylic acids is 1. The van der Waals surface area contributed by atoms with Crippen LogP contribution in [0.1, 0.15) is 23.3 Å². The monoisotopic (exact) mass is 237 g/mol. The number of carboxylic acid groups (broad SMARTS) is 1. The predicted octanol–water partition coefficient (Wildman–Crippen LogP) is -0.541. The van der Waals surface area contributed by atoms with Crippen LogP contribution in [0.25, 0.3) is 0 Å². The highest BCUT2D eigenvalue weighted by atomic mass is 16.4. The molecule has 1 aliphatic rings. The molecule has 1 atom stereocenters. The van der Waals surface area contributed by atoms with Crippen LogP contribution in [0.2, 0.25) is 0 Å². The number of aromatic nitrogens is 2. The van der Waals surface area contributed by atoms with Gasteiger partial charge in [-0.05, 0) is 18.9 Å². The van der Waals surface area contributed by atoms with Crippen LogP contribution in [-0.2, 0) is 4.79 Å². The van der Waals surface area contributed by atoms with Gasteiger partial charge < -0.3 is 10.0 Å². The highest BCUT2D eigenvalue weighted by Crippen LogP contribution is 2.19. The summed E-state index contributed by atoms with van der Waals surface area (Å²) in [5.74, 6) is -1.48. The van der Waals surface area contributed by atoms with Gasteiger partial charge in [0.05, 0.1) is 0 Å². The van der Waals surface area contributed by atoms with Crippen LogP contribution in [0.3, 0.4) is 0 Å². The van der Waals surface area contributed by atoms with Gasteiger partial charge in [-0.1, -0.05) is 0 Å². The van der Waals surface area contributed by atoms with Gasteiger partial charge in [0.1, 0.15) is 11.7 Å². The molecule has 17 heavy (non-hydrogen) atoms. The van der Waals surface area contributed by atoms with Crippen LogP contribution < -0.4 is 5.56 Å². The molecule has 0 aromatic carbocycles. The molecule has 7 nitrogen and oxygen atoms in total. The van der Waals surface area contributed by atoms with E-state index < -0.39 is 23.5 Å². The number of amides is 1. The van der Waals surface area contributed by atoms with Crippen molar-refractivity contribution in [2.45, 2.75) is 18.9 Å². The lowest BCUT2D eigenvalue weighted by Crippen LogP contribution is -2.41. The van der Waals surface area contributed by atoms with E-state index in [9.17, 15) is 14.4 Å². The topological polar surface area (TPSA) is 103 Å². The summed E-state index contributed by atoms with van der Waals surface area (Å²) in [6.45, 7) is 0.399. The molecule has 0 radical (unpaired) electrons. The number of carbonyl (C=O) groups is 2. The normalized spacial score (nSPS) is 19.3. The summed E-state index contributed by atoms with van der Waals surface area (Å²) in [4.78, 5) is 34.9. The maximum Gasteiger partial charge on any atom is 0.326 e. The number of nitrogens with zero attached hydrogens (tertiary/aromatic N) is 2. The SMILES string of the molecule is O=C(O)[C@@H]1CCCN1C(=O)c1ccc(=O)[nH]n1. The molecular weight excluding hydrogens is 226 g/mol. The first-order chi connectivity index (χ1) is 8.09. The van der Waals surface area contributed by atoms with Gasteiger partial charge in [-0.2, -0.15) is 5.10 Å². The number of H-pyrrole nitrogens is 1. The minimum absolute atomic E-state index is 0.0535. The number of rotatable bonds is 2. The molecule has 1 aliphatic heterocycles. The van der Waals surface area contributed by atoms with Crippen LogP contribution in [0.5, 0.6) is 0 Å². The zero-order valence-electron chi connectivity index (χ0n) is 8.92. The fourth-order valence-electron chi connectivity index (χ4n) is 1.88. The Labute approximate surface area is 96.1 Å². The minimum Gasteiger partial charge on any atom is -0.480 e. The second-order valence-corrected chi connectivity index (χ2v) is 3.80. The van der Waals surface area contributed by atoms with Crippen molar-refractivity contribution in [1.29, 1.82) is 0 Å². The molecule has 1 aromatic rings. The van der Waals surface area contributed by atoms with E-state index in [-0.39, 0.29) is 5.69 Å². The molecule has 0 spiro atoms. The minimum atomic E-state index is -1.01. The molecule has 0 saturated carbocycles. The number of aromatic amines is 1. The summed E-state index contributed by atoms with van der Waals surface area (Å²) in [5.41, 5.74) is -0.351. The summed E-state index contributed by atoms with van der Waals surface area (Å²) >= 11 is 0. The van der Waals surface area contributed by atoms with E-state index in [0.29, 0.717) is 19.4 Å². The number of hydrogen-bond acceptors (Lipinski definition) is 4. The highest BCUT2D eigenvalue weighted by molar-refractivity contribution is 5.95. The van der Waals surface area contributed by atoms with Crippen LogP contribution in [0.4, 0.5) is 0 Å². The molecule has 1 amide bonds. The molecule has 7 heteroatoms. The van der Waals surface area contributed by atoms with E-state index in [1.165, 1.54) is 17.0 Å². The Morgan fingerprint density at radius 3 is 2.82 bits per heavy atom. The number of hydrogen-bond donors (Lipinski definition) is 2. The van der Waals surface area contributed by atoms with Gasteiger partial charge >= 0.3 is 5.97 Å². The van der Waals surface area contributed by atoms with Gasteiger partial charge in [0, 0.05) is 12.6 Å². The Morgan fingerprint density at radius 1 is 1.47 bits per heavy atom. The molecule has 0 aliphatic carbocycles. The predicted molar refractivity (Wildman–Crippen MR) is 56.6 cm³/mol. The number of nitrogens with one attached hydrogen (secondary N) is 1. The van der Waals surface area contributed by atoms with E-state index >= 15 is 0 Å². The summed E-state index contributed by atoms with van der Waals surface area (Å²) in [6, 6.07) is 1.68. The lowest BCUT2D eigenvalue weighted by atomic mass is 10.2. The molecule has 1 fully saturated rings. The maximum atomic E-state index is 12.0. The van der Waals surface area contributed by atoms with Crippen LogP contribution in [0.15, 0.2) is 16.9 Å². The fourth-order valence-corrected chi connectivity index (χ4v) is 1.88. The molecule has 0 unspecified atom stereocenters. The summed E-state index contributed by atoms with van der Waals surface area (Å²) in [7, 11) is 0. The number of carboxylic acids is 1. The first-order valence-corrected chi connectivity index (χ1v) is 5.19. The van der Waals surface area contributed by atoms with Gasteiger partial charge in [-0.3, -0.25) is 9.59 Å². The summed E-state index contributed by atoms with van der Waals surface area (Å²) < 4.78 is 0. The molecule has 90 valence electrons. The fraction of sp³-hybridized carbons (Fsp3) is 0.400. The Balaban J connectivity index is 2.22. The molecule has 1 saturated heterocycles. The number of aliphatic carboxylic acids is 1. The van der Waals surface area contributed by atoms with Crippen molar-refractivity contribution in [2.24, 2.45) is 0 Å². The number of likely N-dealkylation sites (tertiary alicyclic amines) is 1. The smallest absolute Gasteiger partial charge is 0.326 e. The Kier molecular flexibility index (Phi) is 2.90. The highest BCUT2D eigenvalue weighted by Gasteiger charge is 2.34. The zero-order chi connectivity index (χ0) is 12.4. The van der Waals surface area contributed by atoms with Crippen LogP contribution in [-0.4, -0.2) is 44.7 Å². The zero-order valence-corrected chi connectivity index (χ0v) is 8.92. The van der Waals surface area contributed by atoms with Crippen LogP contribution in [0, 0.1) is 0 Å². The van der Waals surface area contributed by atoms with Crippen molar-refractivity contribution < 1.29 is 14.7 Å². The molecule has 2 heterocycles. The van der Waals surface area contributed by atoms with Gasteiger partial charge in [0.15, 0.2) is 0 Å². The van der Waals surface area contributed by atoms with Gasteiger partial charge in [0.2, 0.25) is 0 Å². The molecule has 0 bridgehead atoms. The lowest BCUT2D eigenvalue weighted by molar-refractivity contribution is -0.141. The van der Waals surface area contributed by atoms with Crippen molar-refractivity contribution in [2.75, 3.05) is 6.54 Å². The largest absolute Gasteiger partial charge is 0.480 e. The third-order valence-corrected chi connectivity index (χ3v) is 2.70. The average molecular weight is 237 g/mol. The Bertz CT molecular complexity index is 490. The third kappa shape index (κ3) is 2.17. The van der Waals surface area contributed by atoms with Gasteiger partial charge in [-0.15, -0.1) is 0 Å². The molecule has 2 N–H and O–H groups in total. The molecular formula is C10H11N3O4. The van der Waals surface area contributed by atoms with Gasteiger partial charge in [-0.25, -0.2) is 9.89 Å². The van der Waals surface area contributed by atoms with E-state index in [4.69, 9.17) is 5.11 Å². The summed E-state index contributed by atoms with van der Waals surface area (Å²) in [5, 5.41) is 14.7. The van der Waals surface area contributed by atoms with Crippen molar-refractivity contribution in [3.63, 3.8) is 0 Å². The second-order valence-electron chi connectivity index (χ2n) is 3.80. The van der Waals surface area contributed by atoms with E-state index in [0.717, 1.165) is 0 Å². The van der Waals surface area contributed by atoms with E-state index in [1.807, 2.05) is 0 Å². The van der Waals surface area contributed by atoms with E-state index in [1.54, 1.807) is 0 Å². The second kappa shape index (κ2) is 4.36. The van der Waals surface area contributed by atoms with E-state index in [2.05, 4.69) is 10.2 Å². The van der Waals surface area contributed by atoms with Crippen molar-refractivity contribution in [3.8, 4) is 0 Å². The van der Waals surface area contributed by atoms with Crippen LogP contribution >= 0.6 is 0 Å². The maximum absolute atomic E-state index is 12.0. The Hall–Kier alpha value is -2.18. The van der Waals surface area contributed by atoms with Crippen molar-refractivity contribution in [3.05, 3.63) is 28.2 Å². The Morgan fingerprint density at radius 2 is 2.24 bits per heavy atom. The first kappa shape index (κ1) is 11.3. The summed E-state index contributed by atoms with van der Waals surface area (Å²) in [6.07, 6.45) is 1.11. The van der Waals surface area contributed by atoms with Gasteiger partial charge in [0.25, 0.3) is 11.5 Å².